The van der Waals surface area contributed by atoms with E-state index in [9.17, 15) is 4.79 Å². The number of hydrogen-bond donors (Lipinski definition) is 1. The molecule has 1 amide bonds. The van der Waals surface area contributed by atoms with Gasteiger partial charge in [0, 0.05) is 36.0 Å². The summed E-state index contributed by atoms with van der Waals surface area (Å²) < 4.78 is 0. The summed E-state index contributed by atoms with van der Waals surface area (Å²) in [4.78, 5) is 20.6. The van der Waals surface area contributed by atoms with Crippen molar-refractivity contribution < 1.29 is 4.79 Å². The normalized spacial score (nSPS) is 14.0. The molecule has 0 saturated carbocycles. The molecule has 0 fully saturated rings. The Kier molecular flexibility index (Phi) is 5.53. The number of thiazole rings is 1. The molecule has 138 valence electrons. The van der Waals surface area contributed by atoms with Crippen molar-refractivity contribution in [3.63, 3.8) is 0 Å². The molecule has 1 aliphatic rings. The number of benzene rings is 2. The molecule has 0 radical (unpaired) electrons. The van der Waals surface area contributed by atoms with Crippen LogP contribution in [0.25, 0.3) is 0 Å². The number of nitrogens with zero attached hydrogens (tertiary/aromatic N) is 2. The van der Waals surface area contributed by atoms with Gasteiger partial charge in [-0.25, -0.2) is 4.98 Å². The predicted octanol–water partition coefficient (Wildman–Crippen LogP) is 4.54. The third-order valence-corrected chi connectivity index (χ3v) is 5.98. The van der Waals surface area contributed by atoms with E-state index in [0.717, 1.165) is 37.3 Å². The van der Waals surface area contributed by atoms with E-state index in [0.29, 0.717) is 10.2 Å². The van der Waals surface area contributed by atoms with Gasteiger partial charge in [0.1, 0.15) is 0 Å². The van der Waals surface area contributed by atoms with Crippen LogP contribution in [-0.2, 0) is 30.7 Å². The van der Waals surface area contributed by atoms with Gasteiger partial charge in [-0.15, -0.1) is 11.3 Å². The van der Waals surface area contributed by atoms with Crippen molar-refractivity contribution in [3.05, 3.63) is 81.3 Å². The van der Waals surface area contributed by atoms with Crippen molar-refractivity contribution >= 4 is 34.0 Å². The molecule has 4 nitrogen and oxygen atoms in total. The maximum Gasteiger partial charge on any atom is 0.230 e. The fourth-order valence-corrected chi connectivity index (χ4v) is 4.53. The molecule has 4 rings (SSSR count). The van der Waals surface area contributed by atoms with Crippen LogP contribution in [0.4, 0.5) is 5.13 Å². The first-order valence-corrected chi connectivity index (χ1v) is 10.1. The van der Waals surface area contributed by atoms with Crippen molar-refractivity contribution in [2.24, 2.45) is 0 Å². The van der Waals surface area contributed by atoms with E-state index in [-0.39, 0.29) is 12.3 Å². The van der Waals surface area contributed by atoms with Gasteiger partial charge in [-0.2, -0.15) is 0 Å². The van der Waals surface area contributed by atoms with Crippen LogP contribution in [0, 0.1) is 0 Å². The monoisotopic (exact) mass is 397 g/mol. The molecule has 0 atom stereocenters. The van der Waals surface area contributed by atoms with E-state index >= 15 is 0 Å². The average Bonchev–Trinajstić information content (AvgIpc) is 3.06. The molecule has 27 heavy (non-hydrogen) atoms. The van der Waals surface area contributed by atoms with Crippen LogP contribution in [0.15, 0.2) is 54.6 Å². The third kappa shape index (κ3) is 4.56. The van der Waals surface area contributed by atoms with Gasteiger partial charge in [0.05, 0.1) is 12.1 Å². The molecule has 1 aromatic heterocycles. The van der Waals surface area contributed by atoms with Gasteiger partial charge in [0.15, 0.2) is 5.13 Å². The first kappa shape index (κ1) is 18.2. The number of nitrogens with one attached hydrogen (secondary N) is 1. The van der Waals surface area contributed by atoms with Crippen LogP contribution in [0.3, 0.4) is 0 Å². The van der Waals surface area contributed by atoms with Crippen molar-refractivity contribution in [1.82, 2.24) is 9.88 Å². The Labute approximate surface area is 167 Å². The van der Waals surface area contributed by atoms with E-state index in [1.807, 2.05) is 24.3 Å². The first-order valence-electron chi connectivity index (χ1n) is 8.95. The molecule has 1 aliphatic heterocycles. The molecule has 0 spiro atoms. The molecule has 0 unspecified atom stereocenters. The Morgan fingerprint density at radius 3 is 2.74 bits per heavy atom. The number of anilines is 1. The second-order valence-corrected chi connectivity index (χ2v) is 8.14. The lowest BCUT2D eigenvalue weighted by Crippen LogP contribution is -2.29. The summed E-state index contributed by atoms with van der Waals surface area (Å²) in [5.41, 5.74) is 3.25. The number of hydrogen-bond acceptors (Lipinski definition) is 4. The summed E-state index contributed by atoms with van der Waals surface area (Å²) in [5, 5.41) is 4.22. The smallest absolute Gasteiger partial charge is 0.230 e. The Balaban J connectivity index is 1.38. The average molecular weight is 398 g/mol. The van der Waals surface area contributed by atoms with Gasteiger partial charge < -0.3 is 5.32 Å². The molecule has 0 bridgehead atoms. The Morgan fingerprint density at radius 2 is 1.93 bits per heavy atom. The molecule has 0 saturated heterocycles. The second-order valence-electron chi connectivity index (χ2n) is 6.65. The van der Waals surface area contributed by atoms with Crippen LogP contribution in [-0.4, -0.2) is 22.3 Å². The van der Waals surface area contributed by atoms with E-state index < -0.39 is 0 Å². The fourth-order valence-electron chi connectivity index (χ4n) is 3.26. The topological polar surface area (TPSA) is 45.2 Å². The summed E-state index contributed by atoms with van der Waals surface area (Å²) >= 11 is 7.71. The van der Waals surface area contributed by atoms with E-state index in [2.05, 4.69) is 39.5 Å². The molecule has 3 aromatic rings. The summed E-state index contributed by atoms with van der Waals surface area (Å²) in [6.07, 6.45) is 1.17. The van der Waals surface area contributed by atoms with Crippen molar-refractivity contribution in [3.8, 4) is 0 Å². The van der Waals surface area contributed by atoms with E-state index in [1.165, 1.54) is 10.4 Å². The third-order valence-electron chi connectivity index (χ3n) is 4.61. The van der Waals surface area contributed by atoms with Crippen molar-refractivity contribution in [2.45, 2.75) is 25.9 Å². The Hall–Kier alpha value is -2.21. The summed E-state index contributed by atoms with van der Waals surface area (Å²) in [6.45, 7) is 2.80. The number of carbonyl (C=O) groups is 1. The number of halogens is 1. The highest BCUT2D eigenvalue weighted by Crippen LogP contribution is 2.29. The summed E-state index contributed by atoms with van der Waals surface area (Å²) in [5.74, 6) is -0.0876. The Bertz CT molecular complexity index is 942. The summed E-state index contributed by atoms with van der Waals surface area (Å²) in [7, 11) is 0. The Morgan fingerprint density at radius 1 is 1.15 bits per heavy atom. The molecule has 1 N–H and O–H groups in total. The SMILES string of the molecule is O=C(Cc1ccccc1Cl)Nc1nc2c(s1)CN(Cc1ccccc1)CC2. The van der Waals surface area contributed by atoms with Gasteiger partial charge in [0.25, 0.3) is 0 Å². The van der Waals surface area contributed by atoms with Crippen molar-refractivity contribution in [1.29, 1.82) is 0 Å². The highest BCUT2D eigenvalue weighted by Gasteiger charge is 2.21. The zero-order chi connectivity index (χ0) is 18.6. The predicted molar refractivity (Wildman–Crippen MR) is 110 cm³/mol. The molecule has 2 aromatic carbocycles. The number of amides is 1. The highest BCUT2D eigenvalue weighted by atomic mass is 35.5. The lowest BCUT2D eigenvalue weighted by Gasteiger charge is -2.25. The van der Waals surface area contributed by atoms with E-state index in [4.69, 9.17) is 11.6 Å². The quantitative estimate of drug-likeness (QED) is 0.687. The largest absolute Gasteiger partial charge is 0.302 e. The van der Waals surface area contributed by atoms with Crippen LogP contribution >= 0.6 is 22.9 Å². The van der Waals surface area contributed by atoms with Gasteiger partial charge in [-0.1, -0.05) is 60.1 Å². The minimum absolute atomic E-state index is 0.0876. The van der Waals surface area contributed by atoms with Crippen molar-refractivity contribution in [2.75, 3.05) is 11.9 Å². The minimum Gasteiger partial charge on any atom is -0.302 e. The van der Waals surface area contributed by atoms with Crippen LogP contribution < -0.4 is 5.32 Å². The molecule has 0 aliphatic carbocycles. The zero-order valence-corrected chi connectivity index (χ0v) is 16.4. The number of fused-ring (bicyclic) bond motifs is 1. The second kappa shape index (κ2) is 8.21. The maximum atomic E-state index is 12.3. The molecule has 2 heterocycles. The first-order chi connectivity index (χ1) is 13.2. The van der Waals surface area contributed by atoms with E-state index in [1.54, 1.807) is 17.4 Å². The fraction of sp³-hybridized carbons (Fsp3) is 0.238. The maximum absolute atomic E-state index is 12.3. The van der Waals surface area contributed by atoms with Gasteiger partial charge in [-0.05, 0) is 17.2 Å². The van der Waals surface area contributed by atoms with Gasteiger partial charge in [0.2, 0.25) is 5.91 Å². The van der Waals surface area contributed by atoms with Gasteiger partial charge >= 0.3 is 0 Å². The number of carbonyl (C=O) groups excluding carboxylic acids is 1. The molecule has 6 heteroatoms. The minimum atomic E-state index is -0.0876. The van der Waals surface area contributed by atoms with Crippen LogP contribution in [0.1, 0.15) is 21.7 Å². The highest BCUT2D eigenvalue weighted by molar-refractivity contribution is 7.15. The molecular formula is C21H20ClN3OS. The van der Waals surface area contributed by atoms with Crippen LogP contribution in [0.5, 0.6) is 0 Å². The van der Waals surface area contributed by atoms with Gasteiger partial charge in [-0.3, -0.25) is 9.69 Å². The lowest BCUT2D eigenvalue weighted by molar-refractivity contribution is -0.115. The lowest BCUT2D eigenvalue weighted by atomic mass is 10.1. The number of rotatable bonds is 5. The molecular weight excluding hydrogens is 378 g/mol. The number of aromatic nitrogens is 1. The standard InChI is InChI=1S/C21H20ClN3OS/c22-17-9-5-4-8-16(17)12-20(26)24-21-23-18-10-11-25(14-19(18)27-21)13-15-6-2-1-3-7-15/h1-9H,10-14H2,(H,23,24,26). The zero-order valence-electron chi connectivity index (χ0n) is 14.8. The summed E-state index contributed by atoms with van der Waals surface area (Å²) in [6, 6.07) is 17.9. The van der Waals surface area contributed by atoms with Crippen LogP contribution in [0.2, 0.25) is 5.02 Å².